The smallest absolute Gasteiger partial charge is 0.491 e. The summed E-state index contributed by atoms with van der Waals surface area (Å²) in [7, 11) is 0. The van der Waals surface area contributed by atoms with Crippen LogP contribution in [0.15, 0.2) is 54.6 Å². The van der Waals surface area contributed by atoms with Crippen LogP contribution in [-0.4, -0.2) is 17.5 Å². The van der Waals surface area contributed by atoms with Gasteiger partial charge in [-0.1, -0.05) is 30.3 Å². The van der Waals surface area contributed by atoms with Gasteiger partial charge in [-0.3, -0.25) is 0 Å². The Kier molecular flexibility index (Phi) is 3.67. The van der Waals surface area contributed by atoms with E-state index < -0.39 is 6.36 Å². The maximum Gasteiger partial charge on any atom is 0.573 e. The van der Waals surface area contributed by atoms with Crippen molar-refractivity contribution in [1.82, 2.24) is 4.57 Å². The molecule has 0 fully saturated rings. The second kappa shape index (κ2) is 5.88. The Morgan fingerprint density at radius 3 is 2.56 bits per heavy atom. The Labute approximate surface area is 141 Å². The van der Waals surface area contributed by atoms with Crippen molar-refractivity contribution in [3.8, 4) is 5.75 Å². The van der Waals surface area contributed by atoms with E-state index in [1.807, 2.05) is 47.0 Å². The lowest BCUT2D eigenvalue weighted by atomic mass is 10.1. The molecule has 1 aliphatic heterocycles. The van der Waals surface area contributed by atoms with E-state index in [-0.39, 0.29) is 5.75 Å². The lowest BCUT2D eigenvalue weighted by molar-refractivity contribution is -0.274. The lowest BCUT2D eigenvalue weighted by Gasteiger charge is -2.10. The van der Waals surface area contributed by atoms with E-state index in [9.17, 15) is 13.2 Å². The standard InChI is InChI=1S/C19H14F3NO2/c20-19(21,22)25-16-6-7-17-14(11-16)10-15-12-18(24-9-8-23(15)17)13-4-2-1-3-5-13/h1-7,10-12H,8-9H2. The van der Waals surface area contributed by atoms with Crippen LogP contribution in [0, 0.1) is 0 Å². The van der Waals surface area contributed by atoms with Crippen molar-refractivity contribution < 1.29 is 22.6 Å². The van der Waals surface area contributed by atoms with Crippen molar-refractivity contribution >= 4 is 22.7 Å². The molecule has 0 amide bonds. The van der Waals surface area contributed by atoms with E-state index in [2.05, 4.69) is 4.74 Å². The Hall–Kier alpha value is -2.89. The van der Waals surface area contributed by atoms with Crippen LogP contribution < -0.4 is 4.74 Å². The summed E-state index contributed by atoms with van der Waals surface area (Å²) >= 11 is 0. The Balaban J connectivity index is 1.77. The van der Waals surface area contributed by atoms with Crippen molar-refractivity contribution in [3.05, 3.63) is 65.9 Å². The molecule has 0 saturated heterocycles. The van der Waals surface area contributed by atoms with E-state index in [1.54, 1.807) is 6.07 Å². The third-order valence-electron chi connectivity index (χ3n) is 4.05. The lowest BCUT2D eigenvalue weighted by Crippen LogP contribution is -2.17. The molecule has 4 rings (SSSR count). The quantitative estimate of drug-likeness (QED) is 0.647. The highest BCUT2D eigenvalue weighted by Crippen LogP contribution is 2.31. The Morgan fingerprint density at radius 1 is 1.00 bits per heavy atom. The summed E-state index contributed by atoms with van der Waals surface area (Å²) in [6.07, 6.45) is -2.79. The number of rotatable bonds is 2. The number of aromatic nitrogens is 1. The summed E-state index contributed by atoms with van der Waals surface area (Å²) in [4.78, 5) is 0. The molecule has 128 valence electrons. The van der Waals surface area contributed by atoms with Crippen molar-refractivity contribution in [2.24, 2.45) is 0 Å². The van der Waals surface area contributed by atoms with E-state index in [4.69, 9.17) is 4.74 Å². The SMILES string of the molecule is FC(F)(F)Oc1ccc2c(c1)cc1n2CCOC(c2ccccc2)=C1. The van der Waals surface area contributed by atoms with Gasteiger partial charge in [0.1, 0.15) is 18.1 Å². The topological polar surface area (TPSA) is 23.4 Å². The van der Waals surface area contributed by atoms with Gasteiger partial charge in [0.2, 0.25) is 0 Å². The highest BCUT2D eigenvalue weighted by atomic mass is 19.4. The molecule has 0 atom stereocenters. The van der Waals surface area contributed by atoms with Gasteiger partial charge in [0.25, 0.3) is 0 Å². The maximum atomic E-state index is 12.4. The molecule has 0 unspecified atom stereocenters. The zero-order valence-electron chi connectivity index (χ0n) is 13.1. The predicted octanol–water partition coefficient (Wildman–Crippen LogP) is 5.07. The number of hydrogen-bond acceptors (Lipinski definition) is 2. The molecule has 2 heterocycles. The Morgan fingerprint density at radius 2 is 1.80 bits per heavy atom. The number of alkyl halides is 3. The maximum absolute atomic E-state index is 12.4. The van der Waals surface area contributed by atoms with Gasteiger partial charge in [-0.25, -0.2) is 0 Å². The third-order valence-corrected chi connectivity index (χ3v) is 4.05. The summed E-state index contributed by atoms with van der Waals surface area (Å²) in [5, 5.41) is 0.697. The molecule has 2 aromatic carbocycles. The summed E-state index contributed by atoms with van der Waals surface area (Å²) in [6.45, 7) is 1.10. The van der Waals surface area contributed by atoms with Crippen molar-refractivity contribution in [2.75, 3.05) is 6.61 Å². The first-order chi connectivity index (χ1) is 12.0. The molecule has 0 N–H and O–H groups in total. The second-order valence-corrected chi connectivity index (χ2v) is 5.71. The van der Waals surface area contributed by atoms with Gasteiger partial charge in [0.15, 0.2) is 0 Å². The number of halogens is 3. The average molecular weight is 345 g/mol. The average Bonchev–Trinajstić information content (AvgIpc) is 2.76. The van der Waals surface area contributed by atoms with Crippen LogP contribution in [0.4, 0.5) is 13.2 Å². The van der Waals surface area contributed by atoms with Crippen molar-refractivity contribution in [1.29, 1.82) is 0 Å². The van der Waals surface area contributed by atoms with Crippen LogP contribution in [0.5, 0.6) is 5.75 Å². The molecule has 6 heteroatoms. The van der Waals surface area contributed by atoms with Crippen LogP contribution >= 0.6 is 0 Å². The zero-order valence-corrected chi connectivity index (χ0v) is 13.1. The molecule has 0 radical (unpaired) electrons. The minimum Gasteiger partial charge on any atom is -0.491 e. The van der Waals surface area contributed by atoms with E-state index >= 15 is 0 Å². The van der Waals surface area contributed by atoms with Crippen molar-refractivity contribution in [2.45, 2.75) is 12.9 Å². The van der Waals surface area contributed by atoms with Gasteiger partial charge in [-0.2, -0.15) is 0 Å². The fraction of sp³-hybridized carbons (Fsp3) is 0.158. The van der Waals surface area contributed by atoms with Gasteiger partial charge >= 0.3 is 6.36 Å². The van der Waals surface area contributed by atoms with Gasteiger partial charge in [-0.15, -0.1) is 13.2 Å². The molecule has 0 bridgehead atoms. The molecule has 1 aliphatic rings. The highest BCUT2D eigenvalue weighted by molar-refractivity contribution is 5.88. The summed E-state index contributed by atoms with van der Waals surface area (Å²) in [5.41, 5.74) is 2.69. The Bertz CT molecular complexity index is 942. The number of benzene rings is 2. The molecule has 3 nitrogen and oxygen atoms in total. The summed E-state index contributed by atoms with van der Waals surface area (Å²) in [6, 6.07) is 15.9. The predicted molar refractivity (Wildman–Crippen MR) is 88.9 cm³/mol. The van der Waals surface area contributed by atoms with Crippen LogP contribution in [0.1, 0.15) is 11.3 Å². The molecule has 3 aromatic rings. The number of nitrogens with zero attached hydrogens (tertiary/aromatic N) is 1. The van der Waals surface area contributed by atoms with Gasteiger partial charge < -0.3 is 14.0 Å². The normalized spacial score (nSPS) is 14.4. The monoisotopic (exact) mass is 345 g/mol. The van der Waals surface area contributed by atoms with Gasteiger partial charge in [0, 0.05) is 28.2 Å². The molecule has 25 heavy (non-hydrogen) atoms. The molecule has 1 aromatic heterocycles. The third kappa shape index (κ3) is 3.20. The van der Waals surface area contributed by atoms with Crippen molar-refractivity contribution in [3.63, 3.8) is 0 Å². The summed E-state index contributed by atoms with van der Waals surface area (Å²) < 4.78 is 49.1. The van der Waals surface area contributed by atoms with Crippen LogP contribution in [-0.2, 0) is 11.3 Å². The molecule has 0 spiro atoms. The number of hydrogen-bond donors (Lipinski definition) is 0. The van der Waals surface area contributed by atoms with Gasteiger partial charge in [-0.05, 0) is 24.3 Å². The largest absolute Gasteiger partial charge is 0.573 e. The van der Waals surface area contributed by atoms with E-state index in [0.29, 0.717) is 18.5 Å². The minimum absolute atomic E-state index is 0.218. The highest BCUT2D eigenvalue weighted by Gasteiger charge is 2.31. The van der Waals surface area contributed by atoms with E-state index in [0.717, 1.165) is 22.5 Å². The van der Waals surface area contributed by atoms with Gasteiger partial charge in [0.05, 0.1) is 6.54 Å². The minimum atomic E-state index is -4.70. The number of fused-ring (bicyclic) bond motifs is 3. The fourth-order valence-electron chi connectivity index (χ4n) is 3.03. The summed E-state index contributed by atoms with van der Waals surface area (Å²) in [5.74, 6) is 0.526. The molecule has 0 saturated carbocycles. The molecule has 0 aliphatic carbocycles. The molecular weight excluding hydrogens is 331 g/mol. The number of ether oxygens (including phenoxy) is 2. The van der Waals surface area contributed by atoms with E-state index in [1.165, 1.54) is 12.1 Å². The first-order valence-electron chi connectivity index (χ1n) is 7.78. The second-order valence-electron chi connectivity index (χ2n) is 5.71. The molecular formula is C19H14F3NO2. The van der Waals surface area contributed by atoms with Crippen LogP contribution in [0.25, 0.3) is 22.7 Å². The van der Waals surface area contributed by atoms with Crippen LogP contribution in [0.3, 0.4) is 0 Å². The zero-order chi connectivity index (χ0) is 17.4. The fourth-order valence-corrected chi connectivity index (χ4v) is 3.03. The first kappa shape index (κ1) is 15.6. The van der Waals surface area contributed by atoms with Crippen LogP contribution in [0.2, 0.25) is 0 Å². The first-order valence-corrected chi connectivity index (χ1v) is 7.78.